The van der Waals surface area contributed by atoms with Crippen molar-refractivity contribution in [2.75, 3.05) is 7.11 Å². The molecule has 19 heavy (non-hydrogen) atoms. The van der Waals surface area contributed by atoms with Crippen LogP contribution in [-0.2, 0) is 11.2 Å². The number of carbonyl (C=O) groups is 1. The quantitative estimate of drug-likeness (QED) is 0.670. The smallest absolute Gasteiger partial charge is 0.244 e. The molecule has 0 saturated heterocycles. The third-order valence-electron chi connectivity index (χ3n) is 2.96. The normalized spacial score (nSPS) is 12.2. The molecule has 0 bridgehead atoms. The highest BCUT2D eigenvalue weighted by Crippen LogP contribution is 2.15. The predicted molar refractivity (Wildman–Crippen MR) is 77.4 cm³/mol. The standard InChI is InChI=1S/C15H22N2O2/c1-11(15(2,3)4)16-17-14(18)10-12-6-8-13(19-5)9-7-12/h6-9H,10H2,1-5H3,(H,17,18)/b16-11-. The summed E-state index contributed by atoms with van der Waals surface area (Å²) in [6.45, 7) is 8.08. The number of hydrogen-bond donors (Lipinski definition) is 1. The molecular weight excluding hydrogens is 240 g/mol. The molecule has 0 aliphatic carbocycles. The Morgan fingerprint density at radius 1 is 1.26 bits per heavy atom. The average molecular weight is 262 g/mol. The van der Waals surface area contributed by atoms with Gasteiger partial charge < -0.3 is 4.74 Å². The van der Waals surface area contributed by atoms with E-state index in [1.807, 2.05) is 31.2 Å². The number of methoxy groups -OCH3 is 1. The number of carbonyl (C=O) groups excluding carboxylic acids is 1. The monoisotopic (exact) mass is 262 g/mol. The number of ether oxygens (including phenoxy) is 1. The molecule has 0 aliphatic rings. The molecule has 0 spiro atoms. The first-order chi connectivity index (χ1) is 8.82. The zero-order valence-electron chi connectivity index (χ0n) is 12.3. The van der Waals surface area contributed by atoms with E-state index >= 15 is 0 Å². The van der Waals surface area contributed by atoms with Crippen LogP contribution >= 0.6 is 0 Å². The number of nitrogens with zero attached hydrogens (tertiary/aromatic N) is 1. The maximum atomic E-state index is 11.7. The van der Waals surface area contributed by atoms with Gasteiger partial charge in [-0.2, -0.15) is 5.10 Å². The van der Waals surface area contributed by atoms with Crippen molar-refractivity contribution in [2.45, 2.75) is 34.1 Å². The van der Waals surface area contributed by atoms with Gasteiger partial charge in [0, 0.05) is 11.1 Å². The lowest BCUT2D eigenvalue weighted by Crippen LogP contribution is -2.25. The van der Waals surface area contributed by atoms with Crippen molar-refractivity contribution < 1.29 is 9.53 Å². The maximum Gasteiger partial charge on any atom is 0.244 e. The second kappa shape index (κ2) is 6.36. The molecule has 0 radical (unpaired) electrons. The number of rotatable bonds is 4. The SMILES string of the molecule is COc1ccc(CC(=O)N/N=C(/C)C(C)(C)C)cc1. The number of nitrogens with one attached hydrogen (secondary N) is 1. The van der Waals surface area contributed by atoms with Crippen molar-refractivity contribution >= 4 is 11.6 Å². The molecule has 0 saturated carbocycles. The van der Waals surface area contributed by atoms with Crippen molar-refractivity contribution in [1.82, 2.24) is 5.43 Å². The summed E-state index contributed by atoms with van der Waals surface area (Å²) in [7, 11) is 1.62. The molecule has 0 aromatic heterocycles. The maximum absolute atomic E-state index is 11.7. The Bertz CT molecular complexity index is 456. The molecule has 1 aromatic rings. The lowest BCUT2D eigenvalue weighted by Gasteiger charge is -2.17. The van der Waals surface area contributed by atoms with Gasteiger partial charge in [0.2, 0.25) is 5.91 Å². The van der Waals surface area contributed by atoms with Gasteiger partial charge in [-0.1, -0.05) is 32.9 Å². The Balaban J connectivity index is 2.56. The first-order valence-electron chi connectivity index (χ1n) is 6.29. The van der Waals surface area contributed by atoms with E-state index in [9.17, 15) is 4.79 Å². The number of benzene rings is 1. The van der Waals surface area contributed by atoms with E-state index in [-0.39, 0.29) is 11.3 Å². The van der Waals surface area contributed by atoms with Gasteiger partial charge in [0.15, 0.2) is 0 Å². The Hall–Kier alpha value is -1.84. The van der Waals surface area contributed by atoms with E-state index in [0.29, 0.717) is 6.42 Å². The summed E-state index contributed by atoms with van der Waals surface area (Å²) in [4.78, 5) is 11.7. The number of hydrazone groups is 1. The molecule has 0 unspecified atom stereocenters. The Morgan fingerprint density at radius 3 is 2.32 bits per heavy atom. The fourth-order valence-corrected chi connectivity index (χ4v) is 1.28. The molecule has 1 amide bonds. The summed E-state index contributed by atoms with van der Waals surface area (Å²) in [5, 5.41) is 4.12. The van der Waals surface area contributed by atoms with Crippen LogP contribution in [0.5, 0.6) is 5.75 Å². The molecule has 4 heteroatoms. The summed E-state index contributed by atoms with van der Waals surface area (Å²) in [5.41, 5.74) is 4.38. The van der Waals surface area contributed by atoms with Crippen LogP contribution in [0.15, 0.2) is 29.4 Å². The van der Waals surface area contributed by atoms with Gasteiger partial charge in [0.25, 0.3) is 0 Å². The van der Waals surface area contributed by atoms with E-state index in [2.05, 4.69) is 31.3 Å². The van der Waals surface area contributed by atoms with Crippen molar-refractivity contribution in [1.29, 1.82) is 0 Å². The minimum absolute atomic E-state index is 0.0343. The lowest BCUT2D eigenvalue weighted by atomic mass is 9.91. The van der Waals surface area contributed by atoms with Gasteiger partial charge in [0.1, 0.15) is 5.75 Å². The number of hydrogen-bond acceptors (Lipinski definition) is 3. The fraction of sp³-hybridized carbons (Fsp3) is 0.467. The van der Waals surface area contributed by atoms with Crippen molar-refractivity contribution in [3.63, 3.8) is 0 Å². The van der Waals surface area contributed by atoms with Crippen LogP contribution in [0, 0.1) is 5.41 Å². The van der Waals surface area contributed by atoms with Gasteiger partial charge in [-0.25, -0.2) is 5.43 Å². The minimum Gasteiger partial charge on any atom is -0.497 e. The third kappa shape index (κ3) is 5.12. The molecule has 1 rings (SSSR count). The molecule has 0 atom stereocenters. The summed E-state index contributed by atoms with van der Waals surface area (Å²) in [5.74, 6) is 0.666. The van der Waals surface area contributed by atoms with Gasteiger partial charge in [-0.15, -0.1) is 0 Å². The van der Waals surface area contributed by atoms with Gasteiger partial charge in [-0.3, -0.25) is 4.79 Å². The summed E-state index contributed by atoms with van der Waals surface area (Å²) >= 11 is 0. The zero-order valence-corrected chi connectivity index (χ0v) is 12.3. The van der Waals surface area contributed by atoms with Crippen LogP contribution in [0.1, 0.15) is 33.3 Å². The largest absolute Gasteiger partial charge is 0.497 e. The van der Waals surface area contributed by atoms with Gasteiger partial charge in [-0.05, 0) is 24.6 Å². The van der Waals surface area contributed by atoms with Crippen LogP contribution in [0.3, 0.4) is 0 Å². The van der Waals surface area contributed by atoms with Crippen molar-refractivity contribution in [3.8, 4) is 5.75 Å². The topological polar surface area (TPSA) is 50.7 Å². The van der Waals surface area contributed by atoms with Crippen molar-refractivity contribution in [2.24, 2.45) is 10.5 Å². The molecule has 1 aromatic carbocycles. The Labute approximate surface area is 114 Å². The second-order valence-electron chi connectivity index (χ2n) is 5.51. The molecule has 0 fully saturated rings. The second-order valence-corrected chi connectivity index (χ2v) is 5.51. The third-order valence-corrected chi connectivity index (χ3v) is 2.96. The zero-order chi connectivity index (χ0) is 14.5. The van der Waals surface area contributed by atoms with Crippen LogP contribution in [0.4, 0.5) is 0 Å². The van der Waals surface area contributed by atoms with E-state index in [4.69, 9.17) is 4.74 Å². The molecule has 104 valence electrons. The highest BCUT2D eigenvalue weighted by atomic mass is 16.5. The summed E-state index contributed by atoms with van der Waals surface area (Å²) in [6, 6.07) is 7.43. The van der Waals surface area contributed by atoms with Crippen LogP contribution < -0.4 is 10.2 Å². The first-order valence-corrected chi connectivity index (χ1v) is 6.29. The first kappa shape index (κ1) is 15.2. The Morgan fingerprint density at radius 2 is 1.84 bits per heavy atom. The average Bonchev–Trinajstić information content (AvgIpc) is 2.35. The molecular formula is C15H22N2O2. The van der Waals surface area contributed by atoms with E-state index in [1.165, 1.54) is 0 Å². The van der Waals surface area contributed by atoms with Crippen molar-refractivity contribution in [3.05, 3.63) is 29.8 Å². The van der Waals surface area contributed by atoms with E-state index in [0.717, 1.165) is 17.0 Å². The summed E-state index contributed by atoms with van der Waals surface area (Å²) in [6.07, 6.45) is 0.310. The molecule has 4 nitrogen and oxygen atoms in total. The van der Waals surface area contributed by atoms with Gasteiger partial charge in [0.05, 0.1) is 13.5 Å². The molecule has 1 N–H and O–H groups in total. The van der Waals surface area contributed by atoms with Crippen LogP contribution in [0.25, 0.3) is 0 Å². The Kier molecular flexibility index (Phi) is 5.10. The number of amides is 1. The predicted octanol–water partition coefficient (Wildman–Crippen LogP) is 2.78. The van der Waals surface area contributed by atoms with Crippen LogP contribution in [-0.4, -0.2) is 18.7 Å². The lowest BCUT2D eigenvalue weighted by molar-refractivity contribution is -0.120. The fourth-order valence-electron chi connectivity index (χ4n) is 1.28. The minimum atomic E-state index is -0.117. The summed E-state index contributed by atoms with van der Waals surface area (Å²) < 4.78 is 5.07. The molecule has 0 aliphatic heterocycles. The van der Waals surface area contributed by atoms with E-state index < -0.39 is 0 Å². The van der Waals surface area contributed by atoms with Gasteiger partial charge >= 0.3 is 0 Å². The molecule has 0 heterocycles. The van der Waals surface area contributed by atoms with Crippen LogP contribution in [0.2, 0.25) is 0 Å². The highest BCUT2D eigenvalue weighted by molar-refractivity contribution is 5.88. The highest BCUT2D eigenvalue weighted by Gasteiger charge is 2.14. The van der Waals surface area contributed by atoms with E-state index in [1.54, 1.807) is 7.11 Å².